The van der Waals surface area contributed by atoms with Gasteiger partial charge in [0.2, 0.25) is 5.91 Å². The summed E-state index contributed by atoms with van der Waals surface area (Å²) in [5.74, 6) is 0.423. The van der Waals surface area contributed by atoms with E-state index in [2.05, 4.69) is 31.3 Å². The van der Waals surface area contributed by atoms with E-state index in [4.69, 9.17) is 5.11 Å². The van der Waals surface area contributed by atoms with Crippen molar-refractivity contribution in [3.63, 3.8) is 0 Å². The maximum Gasteiger partial charge on any atom is 0.244 e. The van der Waals surface area contributed by atoms with Crippen LogP contribution in [0.25, 0.3) is 6.08 Å². The predicted molar refractivity (Wildman–Crippen MR) is 83.5 cm³/mol. The van der Waals surface area contributed by atoms with Crippen LogP contribution < -0.4 is 5.32 Å². The average Bonchev–Trinajstić information content (AvgIpc) is 2.43. The van der Waals surface area contributed by atoms with Crippen molar-refractivity contribution < 1.29 is 9.90 Å². The molecule has 1 rings (SSSR count). The van der Waals surface area contributed by atoms with E-state index in [1.165, 1.54) is 5.56 Å². The van der Waals surface area contributed by atoms with Crippen molar-refractivity contribution in [2.24, 2.45) is 0 Å². The van der Waals surface area contributed by atoms with Crippen molar-refractivity contribution in [3.05, 3.63) is 41.5 Å². The minimum atomic E-state index is -0.0941. The zero-order valence-electron chi connectivity index (χ0n) is 12.6. The molecule has 0 bridgehead atoms. The summed E-state index contributed by atoms with van der Waals surface area (Å²) in [5.41, 5.74) is 2.32. The van der Waals surface area contributed by atoms with E-state index >= 15 is 0 Å². The molecule has 1 aromatic rings. The van der Waals surface area contributed by atoms with Gasteiger partial charge in [0.1, 0.15) is 0 Å². The number of aliphatic hydroxyl groups is 1. The summed E-state index contributed by atoms with van der Waals surface area (Å²) < 4.78 is 0. The van der Waals surface area contributed by atoms with Gasteiger partial charge in [-0.3, -0.25) is 4.79 Å². The zero-order chi connectivity index (χ0) is 15.0. The van der Waals surface area contributed by atoms with E-state index in [1.54, 1.807) is 6.08 Å². The van der Waals surface area contributed by atoms with E-state index in [-0.39, 0.29) is 18.6 Å². The molecule has 0 saturated heterocycles. The standard InChI is InChI=1S/C17H25NO2/c1-13(2)16-9-6-15(7-10-16)8-11-17(20)18-14(3)5-4-12-19/h6-11,13-14,19H,4-5,12H2,1-3H3,(H,18,20)/b11-8+. The van der Waals surface area contributed by atoms with Gasteiger partial charge in [0.15, 0.2) is 0 Å². The first-order valence-electron chi connectivity index (χ1n) is 7.22. The minimum Gasteiger partial charge on any atom is -0.396 e. The number of hydrogen-bond donors (Lipinski definition) is 2. The molecule has 0 radical (unpaired) electrons. The lowest BCUT2D eigenvalue weighted by Gasteiger charge is -2.11. The molecule has 1 unspecified atom stereocenters. The molecule has 0 saturated carbocycles. The van der Waals surface area contributed by atoms with Crippen molar-refractivity contribution in [1.29, 1.82) is 0 Å². The van der Waals surface area contributed by atoms with Crippen molar-refractivity contribution in [3.8, 4) is 0 Å². The third kappa shape index (κ3) is 6.02. The average molecular weight is 275 g/mol. The molecule has 1 aromatic carbocycles. The molecule has 3 nitrogen and oxygen atoms in total. The highest BCUT2D eigenvalue weighted by Crippen LogP contribution is 2.15. The van der Waals surface area contributed by atoms with Gasteiger partial charge in [0, 0.05) is 18.7 Å². The molecule has 0 spiro atoms. The van der Waals surface area contributed by atoms with Crippen molar-refractivity contribution >= 4 is 12.0 Å². The third-order valence-electron chi connectivity index (χ3n) is 3.21. The molecule has 2 N–H and O–H groups in total. The van der Waals surface area contributed by atoms with Crippen LogP contribution in [0.3, 0.4) is 0 Å². The third-order valence-corrected chi connectivity index (χ3v) is 3.21. The molecular weight excluding hydrogens is 250 g/mol. The Morgan fingerprint density at radius 2 is 1.90 bits per heavy atom. The molecule has 3 heteroatoms. The predicted octanol–water partition coefficient (Wildman–Crippen LogP) is 3.10. The highest BCUT2D eigenvalue weighted by Gasteiger charge is 2.03. The Kier molecular flexibility index (Phi) is 7.02. The molecule has 0 fully saturated rings. The van der Waals surface area contributed by atoms with Gasteiger partial charge < -0.3 is 10.4 Å². The number of rotatable bonds is 7. The van der Waals surface area contributed by atoms with Gasteiger partial charge >= 0.3 is 0 Å². The van der Waals surface area contributed by atoms with Crippen LogP contribution >= 0.6 is 0 Å². The summed E-state index contributed by atoms with van der Waals surface area (Å²) in [4.78, 5) is 11.7. The SMILES string of the molecule is CC(CCCO)NC(=O)/C=C/c1ccc(C(C)C)cc1. The number of hydrogen-bond acceptors (Lipinski definition) is 2. The Morgan fingerprint density at radius 3 is 2.45 bits per heavy atom. The lowest BCUT2D eigenvalue weighted by Crippen LogP contribution is -2.31. The lowest BCUT2D eigenvalue weighted by atomic mass is 10.0. The highest BCUT2D eigenvalue weighted by molar-refractivity contribution is 5.91. The second-order valence-corrected chi connectivity index (χ2v) is 5.43. The Hall–Kier alpha value is -1.61. The van der Waals surface area contributed by atoms with Crippen molar-refractivity contribution in [1.82, 2.24) is 5.32 Å². The van der Waals surface area contributed by atoms with Crippen LogP contribution in [0.2, 0.25) is 0 Å². The first kappa shape index (κ1) is 16.4. The smallest absolute Gasteiger partial charge is 0.244 e. The number of nitrogens with one attached hydrogen (secondary N) is 1. The monoisotopic (exact) mass is 275 g/mol. The minimum absolute atomic E-state index is 0.0858. The Morgan fingerprint density at radius 1 is 1.25 bits per heavy atom. The van der Waals surface area contributed by atoms with E-state index in [9.17, 15) is 4.79 Å². The summed E-state index contributed by atoms with van der Waals surface area (Å²) in [6, 6.07) is 8.31. The summed E-state index contributed by atoms with van der Waals surface area (Å²) in [5, 5.41) is 11.6. The van der Waals surface area contributed by atoms with Gasteiger partial charge in [-0.25, -0.2) is 0 Å². The number of carbonyl (C=O) groups excluding carboxylic acids is 1. The fourth-order valence-electron chi connectivity index (χ4n) is 1.92. The maximum absolute atomic E-state index is 11.7. The number of benzene rings is 1. The van der Waals surface area contributed by atoms with Crippen molar-refractivity contribution in [2.45, 2.75) is 45.6 Å². The Bertz CT molecular complexity index is 435. The van der Waals surface area contributed by atoms with Gasteiger partial charge in [0.05, 0.1) is 0 Å². The van der Waals surface area contributed by atoms with Crippen molar-refractivity contribution in [2.75, 3.05) is 6.61 Å². The van der Waals surface area contributed by atoms with Gasteiger partial charge in [0.25, 0.3) is 0 Å². The molecule has 1 atom stereocenters. The highest BCUT2D eigenvalue weighted by atomic mass is 16.2. The van der Waals surface area contributed by atoms with Crippen LogP contribution in [-0.4, -0.2) is 23.7 Å². The molecule has 0 aliphatic carbocycles. The molecule has 20 heavy (non-hydrogen) atoms. The van der Waals surface area contributed by atoms with Gasteiger partial charge in [-0.1, -0.05) is 38.1 Å². The number of carbonyl (C=O) groups is 1. The normalized spacial score (nSPS) is 12.8. The quantitative estimate of drug-likeness (QED) is 0.751. The maximum atomic E-state index is 11.7. The van der Waals surface area contributed by atoms with Crippen LogP contribution in [0.4, 0.5) is 0 Å². The molecule has 0 aliphatic rings. The summed E-state index contributed by atoms with van der Waals surface area (Å²) in [6.07, 6.45) is 4.87. The van der Waals surface area contributed by atoms with Crippen LogP contribution in [0.15, 0.2) is 30.3 Å². The lowest BCUT2D eigenvalue weighted by molar-refractivity contribution is -0.117. The number of aliphatic hydroxyl groups excluding tert-OH is 1. The molecule has 1 amide bonds. The van der Waals surface area contributed by atoms with Gasteiger partial charge in [-0.2, -0.15) is 0 Å². The van der Waals surface area contributed by atoms with E-state index in [0.29, 0.717) is 12.3 Å². The molecule has 0 heterocycles. The zero-order valence-corrected chi connectivity index (χ0v) is 12.6. The largest absolute Gasteiger partial charge is 0.396 e. The molecular formula is C17H25NO2. The van der Waals surface area contributed by atoms with E-state index in [0.717, 1.165) is 12.0 Å². The molecule has 0 aliphatic heterocycles. The van der Waals surface area contributed by atoms with Crippen LogP contribution in [0.1, 0.15) is 50.7 Å². The molecule has 110 valence electrons. The van der Waals surface area contributed by atoms with Gasteiger partial charge in [-0.05, 0) is 42.9 Å². The van der Waals surface area contributed by atoms with Crippen LogP contribution in [-0.2, 0) is 4.79 Å². The Balaban J connectivity index is 2.48. The second-order valence-electron chi connectivity index (χ2n) is 5.43. The first-order valence-corrected chi connectivity index (χ1v) is 7.22. The summed E-state index contributed by atoms with van der Waals surface area (Å²) >= 11 is 0. The Labute approximate surface area is 121 Å². The van der Waals surface area contributed by atoms with Crippen LogP contribution in [0.5, 0.6) is 0 Å². The second kappa shape index (κ2) is 8.54. The fourth-order valence-corrected chi connectivity index (χ4v) is 1.92. The molecule has 0 aromatic heterocycles. The number of amides is 1. The first-order chi connectivity index (χ1) is 9.52. The summed E-state index contributed by atoms with van der Waals surface area (Å²) in [6.45, 7) is 6.43. The fraction of sp³-hybridized carbons (Fsp3) is 0.471. The summed E-state index contributed by atoms with van der Waals surface area (Å²) in [7, 11) is 0. The van der Waals surface area contributed by atoms with Gasteiger partial charge in [-0.15, -0.1) is 0 Å². The van der Waals surface area contributed by atoms with Crippen LogP contribution in [0, 0.1) is 0 Å². The topological polar surface area (TPSA) is 49.3 Å². The van der Waals surface area contributed by atoms with E-state index < -0.39 is 0 Å². The van der Waals surface area contributed by atoms with E-state index in [1.807, 2.05) is 25.1 Å².